The van der Waals surface area contributed by atoms with Gasteiger partial charge in [-0.2, -0.15) is 0 Å². The zero-order chi connectivity index (χ0) is 63.0. The highest BCUT2D eigenvalue weighted by atomic mass is 16.4. The maximum atomic E-state index is 15.4. The number of aliphatic imine (C=N–C) groups is 4. The van der Waals surface area contributed by atoms with E-state index in [0.717, 1.165) is 32.7 Å². The first-order chi connectivity index (χ1) is 41.7. The van der Waals surface area contributed by atoms with Crippen molar-refractivity contribution in [2.75, 3.05) is 26.2 Å². The summed E-state index contributed by atoms with van der Waals surface area (Å²) in [6, 6.07) is 12.4. The van der Waals surface area contributed by atoms with Crippen LogP contribution < -0.4 is 83.5 Å². The zero-order valence-electron chi connectivity index (χ0n) is 48.1. The second kappa shape index (κ2) is 32.6. The number of hydrogen-bond donors (Lipinski definition) is 19. The lowest BCUT2D eigenvalue weighted by Gasteiger charge is -2.28. The van der Waals surface area contributed by atoms with Gasteiger partial charge in [-0.1, -0.05) is 54.6 Å². The standard InChI is InChI=1S/C57H80N22O8/c58-37(14-7-21-67-54(59)60)47(80)74-41(18-8-22-68-55(61)62)49(82)77-45(26-32-29-72-39-16-5-2-12-35(32)39)51(84)79-46(27-33-30-73-40-17-6-3-13-36(33)40)52(85)78-44(25-31-28-71-38-15-4-1-11-34(31)38)50(83)75-42(19-9-23-69-56(63)64)48(81)76-43(53(86)87)20-10-24-70-57(65)66/h1-6,11-13,15-17,28-30,37,41-46,71-73H,7-10,14,18-27,58H2,(H,74,80)(H,75,83)(H,76,81)(H,77,82)(H,78,85)(H,79,84)(H,86,87)(H4,59,60,67)(H4,61,62,68)(H4,63,64,69)(H4,65,66,70)/t37-,41-,42-,43-,44-,45-,46-/m0/s1. The number of aliphatic carboxylic acids is 1. The molecule has 0 bridgehead atoms. The van der Waals surface area contributed by atoms with Crippen LogP contribution >= 0.6 is 0 Å². The molecule has 30 nitrogen and oxygen atoms in total. The Morgan fingerprint density at radius 3 is 0.966 bits per heavy atom. The predicted molar refractivity (Wildman–Crippen MR) is 333 cm³/mol. The molecule has 0 aliphatic carbocycles. The van der Waals surface area contributed by atoms with Crippen LogP contribution in [-0.2, 0) is 52.8 Å². The van der Waals surface area contributed by atoms with Crippen LogP contribution in [0.1, 0.15) is 68.1 Å². The number of aromatic amines is 3. The number of hydrogen-bond acceptors (Lipinski definition) is 12. The van der Waals surface area contributed by atoms with Crippen LogP contribution in [0.4, 0.5) is 0 Å². The summed E-state index contributed by atoms with van der Waals surface area (Å²) in [5.74, 6) is -6.88. The average Bonchev–Trinajstić information content (AvgIpc) is 2.52. The molecule has 0 spiro atoms. The van der Waals surface area contributed by atoms with Gasteiger partial charge in [-0.15, -0.1) is 0 Å². The number of nitrogens with one attached hydrogen (secondary N) is 9. The number of carboxylic acids is 1. The highest BCUT2D eigenvalue weighted by Gasteiger charge is 2.35. The molecule has 7 atom stereocenters. The van der Waals surface area contributed by atoms with Gasteiger partial charge >= 0.3 is 5.97 Å². The molecular weight excluding hydrogens is 1120 g/mol. The third-order valence-corrected chi connectivity index (χ3v) is 14.2. The second-order valence-electron chi connectivity index (χ2n) is 20.8. The predicted octanol–water partition coefficient (Wildman–Crippen LogP) is -2.31. The number of carbonyl (C=O) groups is 7. The minimum Gasteiger partial charge on any atom is -0.480 e. The number of carbonyl (C=O) groups excluding carboxylic acids is 6. The molecule has 0 aliphatic rings. The van der Waals surface area contributed by atoms with Gasteiger partial charge in [0.2, 0.25) is 35.4 Å². The summed E-state index contributed by atoms with van der Waals surface area (Å²) in [4.78, 5) is 126. The number of guanidine groups is 4. The van der Waals surface area contributed by atoms with Crippen LogP contribution in [0.2, 0.25) is 0 Å². The Kier molecular flexibility index (Phi) is 24.6. The number of fused-ring (bicyclic) bond motifs is 3. The Labute approximate surface area is 500 Å². The Morgan fingerprint density at radius 1 is 0.379 bits per heavy atom. The summed E-state index contributed by atoms with van der Waals surface area (Å²) in [5.41, 5.74) is 54.4. The number of H-pyrrole nitrogens is 3. The minimum atomic E-state index is -1.47. The van der Waals surface area contributed by atoms with E-state index in [0.29, 0.717) is 23.1 Å². The molecule has 3 heterocycles. The lowest BCUT2D eigenvalue weighted by atomic mass is 9.99. The summed E-state index contributed by atoms with van der Waals surface area (Å²) < 4.78 is 0. The molecule has 3 aromatic carbocycles. The van der Waals surface area contributed by atoms with Crippen LogP contribution in [0.5, 0.6) is 0 Å². The molecule has 87 heavy (non-hydrogen) atoms. The summed E-state index contributed by atoms with van der Waals surface area (Å²) in [7, 11) is 0. The molecular formula is C57H80N22O8. The Bertz CT molecular complexity index is 3440. The van der Waals surface area contributed by atoms with E-state index in [2.05, 4.69) is 66.8 Å². The van der Waals surface area contributed by atoms with Gasteiger partial charge in [-0.05, 0) is 86.3 Å². The number of benzene rings is 3. The Morgan fingerprint density at radius 2 is 0.644 bits per heavy atom. The van der Waals surface area contributed by atoms with Gasteiger partial charge in [0.15, 0.2) is 23.8 Å². The van der Waals surface area contributed by atoms with Crippen LogP contribution in [0.3, 0.4) is 0 Å². The molecule has 0 saturated carbocycles. The van der Waals surface area contributed by atoms with Crippen LogP contribution in [-0.4, -0.2) is 154 Å². The van der Waals surface area contributed by atoms with E-state index < -0.39 is 83.7 Å². The van der Waals surface area contributed by atoms with Crippen LogP contribution in [0.25, 0.3) is 32.7 Å². The van der Waals surface area contributed by atoms with Gasteiger partial charge in [0, 0.05) is 96.7 Å². The first kappa shape index (κ1) is 65.8. The molecule has 6 amide bonds. The van der Waals surface area contributed by atoms with Crippen molar-refractivity contribution in [3.05, 3.63) is 108 Å². The van der Waals surface area contributed by atoms with Gasteiger partial charge < -0.3 is 104 Å². The number of amides is 6. The van der Waals surface area contributed by atoms with E-state index in [9.17, 15) is 29.1 Å². The monoisotopic (exact) mass is 1200 g/mol. The highest BCUT2D eigenvalue weighted by molar-refractivity contribution is 5.99. The summed E-state index contributed by atoms with van der Waals surface area (Å²) >= 11 is 0. The van der Waals surface area contributed by atoms with E-state index in [-0.39, 0.29) is 114 Å². The SMILES string of the molecule is NC(N)=NCCC[C@H](NC(=O)[C@H](CCCN=C(N)N)NC(=O)[C@H](Cc1c[nH]c2ccccc12)NC(=O)[C@H](Cc1c[nH]c2ccccc12)NC(=O)[C@H](Cc1c[nH]c2ccccc12)NC(=O)[C@H](CCCN=C(N)N)NC(=O)[C@@H](N)CCCN=C(N)N)C(=O)O. The van der Waals surface area contributed by atoms with Crippen molar-refractivity contribution in [1.29, 1.82) is 0 Å². The number of aromatic nitrogens is 3. The first-order valence-electron chi connectivity index (χ1n) is 28.3. The smallest absolute Gasteiger partial charge is 0.326 e. The third-order valence-electron chi connectivity index (χ3n) is 14.2. The first-order valence-corrected chi connectivity index (χ1v) is 28.3. The Hall–Kier alpha value is -10.4. The number of nitrogens with two attached hydrogens (primary N) is 9. The fraction of sp³-hybridized carbons (Fsp3) is 0.386. The maximum absolute atomic E-state index is 15.4. The van der Waals surface area contributed by atoms with Crippen molar-refractivity contribution in [3.8, 4) is 0 Å². The largest absolute Gasteiger partial charge is 0.480 e. The van der Waals surface area contributed by atoms with E-state index in [1.807, 2.05) is 66.7 Å². The fourth-order valence-corrected chi connectivity index (χ4v) is 9.79. The summed E-state index contributed by atoms with van der Waals surface area (Å²) in [6.45, 7) is 0.426. The molecule has 466 valence electrons. The fourth-order valence-electron chi connectivity index (χ4n) is 9.79. The van der Waals surface area contributed by atoms with Crippen LogP contribution in [0, 0.1) is 0 Å². The average molecular weight is 1200 g/mol. The molecule has 0 fully saturated rings. The number of para-hydroxylation sites is 3. The number of carboxylic acid groups (broad SMARTS) is 1. The van der Waals surface area contributed by atoms with Crippen molar-refractivity contribution < 1.29 is 38.7 Å². The molecule has 28 N–H and O–H groups in total. The van der Waals surface area contributed by atoms with Gasteiger partial charge in [0.05, 0.1) is 6.04 Å². The molecule has 0 aliphatic heterocycles. The van der Waals surface area contributed by atoms with E-state index in [1.54, 1.807) is 24.7 Å². The van der Waals surface area contributed by atoms with Gasteiger partial charge in [0.1, 0.15) is 36.3 Å². The van der Waals surface area contributed by atoms with Gasteiger partial charge in [0.25, 0.3) is 0 Å². The van der Waals surface area contributed by atoms with Gasteiger partial charge in [-0.3, -0.25) is 48.7 Å². The second-order valence-corrected chi connectivity index (χ2v) is 20.8. The number of rotatable bonds is 35. The van der Waals surface area contributed by atoms with Crippen LogP contribution in [0.15, 0.2) is 111 Å². The van der Waals surface area contributed by atoms with Crippen molar-refractivity contribution in [2.45, 2.75) is 113 Å². The summed E-state index contributed by atoms with van der Waals surface area (Å²) in [6.07, 6.45) is 5.52. The third kappa shape index (κ3) is 20.4. The van der Waals surface area contributed by atoms with Gasteiger partial charge in [-0.25, -0.2) is 4.79 Å². The van der Waals surface area contributed by atoms with E-state index >= 15 is 9.59 Å². The normalized spacial score (nSPS) is 13.5. The molecule has 0 saturated heterocycles. The van der Waals surface area contributed by atoms with Crippen molar-refractivity contribution in [2.24, 2.45) is 71.6 Å². The van der Waals surface area contributed by atoms with Crippen molar-refractivity contribution in [3.63, 3.8) is 0 Å². The minimum absolute atomic E-state index is 0.00158. The van der Waals surface area contributed by atoms with Crippen molar-refractivity contribution >= 4 is 98.0 Å². The molecule has 6 rings (SSSR count). The molecule has 0 unspecified atom stereocenters. The quantitative estimate of drug-likeness (QED) is 0.0113. The Balaban J connectivity index is 1.36. The lowest BCUT2D eigenvalue weighted by Crippen LogP contribution is -2.60. The van der Waals surface area contributed by atoms with Crippen molar-refractivity contribution in [1.82, 2.24) is 46.9 Å². The maximum Gasteiger partial charge on any atom is 0.326 e. The zero-order valence-corrected chi connectivity index (χ0v) is 48.1. The summed E-state index contributed by atoms with van der Waals surface area (Å²) in [5, 5.41) is 28.9. The molecule has 0 radical (unpaired) electrons. The number of nitrogens with zero attached hydrogens (tertiary/aromatic N) is 4. The molecule has 3 aromatic heterocycles. The molecule has 6 aromatic rings. The molecule has 30 heteroatoms. The van der Waals surface area contributed by atoms with E-state index in [1.165, 1.54) is 0 Å². The topological polar surface area (TPSA) is 543 Å². The lowest BCUT2D eigenvalue weighted by molar-refractivity contribution is -0.142. The highest BCUT2D eigenvalue weighted by Crippen LogP contribution is 2.23. The van der Waals surface area contributed by atoms with E-state index in [4.69, 9.17) is 51.6 Å².